The monoisotopic (exact) mass is 297 g/mol. The number of hydrogen-bond donors (Lipinski definition) is 1. The first-order chi connectivity index (χ1) is 9.84. The summed E-state index contributed by atoms with van der Waals surface area (Å²) >= 11 is 0. The number of likely N-dealkylation sites (tertiary alicyclic amines) is 2. The lowest BCUT2D eigenvalue weighted by molar-refractivity contribution is -0.0111. The molecule has 0 saturated carbocycles. The standard InChI is InChI=1S/C16H31N3O2/c1-15(2,3)21-14(20)19-9-4-5-16(13-19)6-10-18(11-7-16)12-8-17/h4-13,17H2,1-3H3. The molecule has 0 unspecified atom stereocenters. The van der Waals surface area contributed by atoms with E-state index in [9.17, 15) is 4.79 Å². The van der Waals surface area contributed by atoms with Crippen molar-refractivity contribution >= 4 is 6.09 Å². The van der Waals surface area contributed by atoms with E-state index in [1.54, 1.807) is 0 Å². The number of ether oxygens (including phenoxy) is 1. The molecule has 2 saturated heterocycles. The van der Waals surface area contributed by atoms with E-state index in [0.29, 0.717) is 5.41 Å². The van der Waals surface area contributed by atoms with Gasteiger partial charge in [-0.15, -0.1) is 0 Å². The number of carbonyl (C=O) groups excluding carboxylic acids is 1. The van der Waals surface area contributed by atoms with Gasteiger partial charge in [0.15, 0.2) is 0 Å². The first-order valence-corrected chi connectivity index (χ1v) is 8.24. The predicted molar refractivity (Wildman–Crippen MR) is 84.2 cm³/mol. The van der Waals surface area contributed by atoms with Gasteiger partial charge in [-0.1, -0.05) is 0 Å². The fraction of sp³-hybridized carbons (Fsp3) is 0.938. The predicted octanol–water partition coefficient (Wildman–Crippen LogP) is 2.06. The molecule has 0 aliphatic carbocycles. The number of carbonyl (C=O) groups is 1. The Hall–Kier alpha value is -0.810. The molecule has 0 aromatic heterocycles. The summed E-state index contributed by atoms with van der Waals surface area (Å²) in [5, 5.41) is 0. The van der Waals surface area contributed by atoms with Gasteiger partial charge in [0.25, 0.3) is 0 Å². The van der Waals surface area contributed by atoms with Gasteiger partial charge < -0.3 is 20.3 Å². The zero-order valence-electron chi connectivity index (χ0n) is 13.9. The summed E-state index contributed by atoms with van der Waals surface area (Å²) in [6.07, 6.45) is 4.53. The smallest absolute Gasteiger partial charge is 0.410 e. The third-order valence-electron chi connectivity index (χ3n) is 4.68. The third kappa shape index (κ3) is 4.58. The number of piperidine rings is 2. The average Bonchev–Trinajstić information content (AvgIpc) is 2.40. The summed E-state index contributed by atoms with van der Waals surface area (Å²) in [6.45, 7) is 11.4. The van der Waals surface area contributed by atoms with Crippen LogP contribution in [0, 0.1) is 5.41 Å². The quantitative estimate of drug-likeness (QED) is 0.847. The molecule has 0 atom stereocenters. The van der Waals surface area contributed by atoms with E-state index < -0.39 is 5.60 Å². The van der Waals surface area contributed by atoms with Gasteiger partial charge >= 0.3 is 6.09 Å². The van der Waals surface area contributed by atoms with Crippen molar-refractivity contribution in [2.75, 3.05) is 39.3 Å². The second-order valence-corrected chi connectivity index (χ2v) is 7.64. The van der Waals surface area contributed by atoms with Crippen LogP contribution in [0.15, 0.2) is 0 Å². The SMILES string of the molecule is CC(C)(C)OC(=O)N1CCCC2(CCN(CCN)CC2)C1. The van der Waals surface area contributed by atoms with E-state index in [0.717, 1.165) is 45.7 Å². The second kappa shape index (κ2) is 6.53. The first kappa shape index (κ1) is 16.6. The van der Waals surface area contributed by atoms with Crippen molar-refractivity contribution in [1.29, 1.82) is 0 Å². The Bertz CT molecular complexity index is 357. The summed E-state index contributed by atoms with van der Waals surface area (Å²) in [7, 11) is 0. The minimum absolute atomic E-state index is 0.147. The molecule has 0 aromatic rings. The van der Waals surface area contributed by atoms with Crippen molar-refractivity contribution in [2.24, 2.45) is 11.1 Å². The van der Waals surface area contributed by atoms with Gasteiger partial charge in [-0.25, -0.2) is 4.79 Å². The Morgan fingerprint density at radius 3 is 2.43 bits per heavy atom. The molecule has 2 rings (SSSR count). The van der Waals surface area contributed by atoms with Gasteiger partial charge in [-0.2, -0.15) is 0 Å². The largest absolute Gasteiger partial charge is 0.444 e. The maximum absolute atomic E-state index is 12.3. The molecule has 0 radical (unpaired) electrons. The van der Waals surface area contributed by atoms with Crippen molar-refractivity contribution in [1.82, 2.24) is 9.80 Å². The maximum Gasteiger partial charge on any atom is 0.410 e. The minimum atomic E-state index is -0.411. The molecule has 2 fully saturated rings. The van der Waals surface area contributed by atoms with Gasteiger partial charge in [0.2, 0.25) is 0 Å². The molecule has 0 aromatic carbocycles. The Morgan fingerprint density at radius 1 is 1.19 bits per heavy atom. The topological polar surface area (TPSA) is 58.8 Å². The highest BCUT2D eigenvalue weighted by Crippen LogP contribution is 2.40. The van der Waals surface area contributed by atoms with Crippen LogP contribution in [0.2, 0.25) is 0 Å². The second-order valence-electron chi connectivity index (χ2n) is 7.64. The molecule has 2 N–H and O–H groups in total. The molecule has 21 heavy (non-hydrogen) atoms. The third-order valence-corrected chi connectivity index (χ3v) is 4.68. The van der Waals surface area contributed by atoms with E-state index in [1.807, 2.05) is 25.7 Å². The molecule has 2 aliphatic heterocycles. The number of hydrogen-bond acceptors (Lipinski definition) is 4. The van der Waals surface area contributed by atoms with Gasteiger partial charge in [-0.05, 0) is 65.0 Å². The molecule has 0 bridgehead atoms. The molecular formula is C16H31N3O2. The lowest BCUT2D eigenvalue weighted by atomic mass is 9.72. The van der Waals surface area contributed by atoms with E-state index in [-0.39, 0.29) is 6.09 Å². The van der Waals surface area contributed by atoms with Crippen LogP contribution in [0.1, 0.15) is 46.5 Å². The number of rotatable bonds is 2. The zero-order chi connectivity index (χ0) is 15.5. The first-order valence-electron chi connectivity index (χ1n) is 8.24. The molecule has 1 spiro atoms. The summed E-state index contributed by atoms with van der Waals surface area (Å²) in [4.78, 5) is 16.6. The Balaban J connectivity index is 1.90. The average molecular weight is 297 g/mol. The van der Waals surface area contributed by atoms with Crippen LogP contribution in [0.5, 0.6) is 0 Å². The summed E-state index contributed by atoms with van der Waals surface area (Å²) < 4.78 is 5.53. The molecule has 122 valence electrons. The molecular weight excluding hydrogens is 266 g/mol. The van der Waals surface area contributed by atoms with Crippen molar-refractivity contribution < 1.29 is 9.53 Å². The summed E-state index contributed by atoms with van der Waals surface area (Å²) in [5.41, 5.74) is 5.53. The molecule has 5 nitrogen and oxygen atoms in total. The van der Waals surface area contributed by atoms with Gasteiger partial charge in [0, 0.05) is 26.2 Å². The fourth-order valence-electron chi connectivity index (χ4n) is 3.53. The highest BCUT2D eigenvalue weighted by atomic mass is 16.6. The van der Waals surface area contributed by atoms with E-state index in [2.05, 4.69) is 4.90 Å². The minimum Gasteiger partial charge on any atom is -0.444 e. The normalized spacial score (nSPS) is 23.3. The lowest BCUT2D eigenvalue weighted by Crippen LogP contribution is -2.52. The van der Waals surface area contributed by atoms with Crippen molar-refractivity contribution in [3.8, 4) is 0 Å². The van der Waals surface area contributed by atoms with Crippen molar-refractivity contribution in [3.63, 3.8) is 0 Å². The Kier molecular flexibility index (Phi) is 5.15. The van der Waals surface area contributed by atoms with Crippen LogP contribution < -0.4 is 5.73 Å². The van der Waals surface area contributed by atoms with Gasteiger partial charge in [0.1, 0.15) is 5.60 Å². The molecule has 2 heterocycles. The molecule has 2 aliphatic rings. The maximum atomic E-state index is 12.3. The van der Waals surface area contributed by atoms with Crippen LogP contribution in [-0.4, -0.2) is 60.8 Å². The van der Waals surface area contributed by atoms with Crippen molar-refractivity contribution in [3.05, 3.63) is 0 Å². The zero-order valence-corrected chi connectivity index (χ0v) is 13.9. The number of amides is 1. The highest BCUT2D eigenvalue weighted by molar-refractivity contribution is 5.68. The Morgan fingerprint density at radius 2 is 1.86 bits per heavy atom. The van der Waals surface area contributed by atoms with Crippen LogP contribution in [-0.2, 0) is 4.74 Å². The fourth-order valence-corrected chi connectivity index (χ4v) is 3.53. The Labute approximate surface area is 128 Å². The van der Waals surface area contributed by atoms with Crippen LogP contribution >= 0.6 is 0 Å². The lowest BCUT2D eigenvalue weighted by Gasteiger charge is -2.47. The van der Waals surface area contributed by atoms with Crippen LogP contribution in [0.3, 0.4) is 0 Å². The van der Waals surface area contributed by atoms with E-state index in [1.165, 1.54) is 19.3 Å². The number of nitrogens with zero attached hydrogens (tertiary/aromatic N) is 2. The van der Waals surface area contributed by atoms with Crippen LogP contribution in [0.25, 0.3) is 0 Å². The van der Waals surface area contributed by atoms with Gasteiger partial charge in [0.05, 0.1) is 0 Å². The van der Waals surface area contributed by atoms with Crippen molar-refractivity contribution in [2.45, 2.75) is 52.1 Å². The summed E-state index contributed by atoms with van der Waals surface area (Å²) in [6, 6.07) is 0. The molecule has 1 amide bonds. The van der Waals surface area contributed by atoms with Crippen LogP contribution in [0.4, 0.5) is 4.79 Å². The molecule has 5 heteroatoms. The number of nitrogens with two attached hydrogens (primary N) is 1. The van der Waals surface area contributed by atoms with Gasteiger partial charge in [-0.3, -0.25) is 0 Å². The summed E-state index contributed by atoms with van der Waals surface area (Å²) in [5.74, 6) is 0. The van der Waals surface area contributed by atoms with E-state index >= 15 is 0 Å². The van der Waals surface area contributed by atoms with E-state index in [4.69, 9.17) is 10.5 Å². The highest BCUT2D eigenvalue weighted by Gasteiger charge is 2.40.